The average molecular weight is 596 g/mol. The molecule has 0 aliphatic heterocycles. The Morgan fingerprint density at radius 3 is 2.44 bits per heavy atom. The van der Waals surface area contributed by atoms with E-state index >= 15 is 0 Å². The van der Waals surface area contributed by atoms with Gasteiger partial charge in [-0.2, -0.15) is 18.6 Å². The maximum atomic E-state index is 13.4. The summed E-state index contributed by atoms with van der Waals surface area (Å²) in [6.07, 6.45) is 0.353. The zero-order chi connectivity index (χ0) is 27.6. The van der Waals surface area contributed by atoms with Gasteiger partial charge < -0.3 is 15.2 Å². The van der Waals surface area contributed by atoms with Crippen LogP contribution in [0.25, 0.3) is 10.8 Å². The Morgan fingerprint density at radius 2 is 1.79 bits per heavy atom. The second-order valence-corrected chi connectivity index (χ2v) is 10.2. The molecule has 196 valence electrons. The molecule has 0 aliphatic carbocycles. The number of hydrogen-bond donors (Lipinski definition) is 2. The first-order chi connectivity index (χ1) is 18.0. The molecule has 0 atom stereocenters. The number of nitrogens with one attached hydrogen (secondary N) is 1. The number of aryl methyl sites for hydroxylation is 1. The van der Waals surface area contributed by atoms with Gasteiger partial charge in [0, 0.05) is 16.6 Å². The number of ether oxygens (including phenoxy) is 1. The van der Waals surface area contributed by atoms with Crippen molar-refractivity contribution in [3.63, 3.8) is 0 Å². The van der Waals surface area contributed by atoms with Crippen molar-refractivity contribution in [3.05, 3.63) is 81.8 Å². The third-order valence-electron chi connectivity index (χ3n) is 5.65. The fourth-order valence-electron chi connectivity index (χ4n) is 3.77. The zero-order valence-corrected chi connectivity index (χ0v) is 25.4. The maximum absolute atomic E-state index is 13.4. The molecule has 0 saturated carbocycles. The number of amides is 1. The first kappa shape index (κ1) is 30.8. The van der Waals surface area contributed by atoms with Crippen LogP contribution in [0.1, 0.15) is 22.8 Å². The molecule has 4 aromatic carbocycles. The molecule has 0 heterocycles. The summed E-state index contributed by atoms with van der Waals surface area (Å²) < 4.78 is 38.3. The van der Waals surface area contributed by atoms with Crippen molar-refractivity contribution < 1.29 is 57.2 Å². The molecule has 0 saturated heterocycles. The van der Waals surface area contributed by atoms with Crippen molar-refractivity contribution in [1.82, 2.24) is 0 Å². The number of carbonyl (C=O) groups excluding carboxylic acids is 1. The van der Waals surface area contributed by atoms with Gasteiger partial charge in [0.2, 0.25) is 0 Å². The molecule has 4 aromatic rings. The number of nitrogens with zero attached hydrogens (tertiary/aromatic N) is 2. The van der Waals surface area contributed by atoms with Crippen LogP contribution in [0.5, 0.6) is 11.5 Å². The summed E-state index contributed by atoms with van der Waals surface area (Å²) in [5.74, 6) is -0.954. The van der Waals surface area contributed by atoms with Crippen molar-refractivity contribution in [1.29, 1.82) is 0 Å². The fraction of sp³-hybridized carbons (Fsp3) is 0.115. The van der Waals surface area contributed by atoms with E-state index in [1.165, 1.54) is 25.3 Å². The molecule has 4 rings (SSSR count). The summed E-state index contributed by atoms with van der Waals surface area (Å²) in [4.78, 5) is 12.6. The van der Waals surface area contributed by atoms with Crippen LogP contribution in [0.15, 0.2) is 75.8 Å². The first-order valence-corrected chi connectivity index (χ1v) is 13.3. The molecule has 0 spiro atoms. The second-order valence-electron chi connectivity index (χ2n) is 8.07. The van der Waals surface area contributed by atoms with E-state index in [0.717, 1.165) is 6.07 Å². The number of rotatable bonds is 7. The van der Waals surface area contributed by atoms with Crippen LogP contribution in [0.2, 0.25) is 10.0 Å². The standard InChI is InChI=1S/C26H21Cl2N3O6S.Na/c1-3-14-10-17(13-22(23(14)28)38(34,35)36)30-31-24-18-7-5-4-6-15(18)11-19(25(24)32)26(33)29-16-8-9-21(37-2)20(27)12-16;/h4-13,32H,3H2,1-2H3,(H,29,33)(H,34,35,36);/q;+1/p-1. The van der Waals surface area contributed by atoms with Gasteiger partial charge in [-0.05, 0) is 53.8 Å². The van der Waals surface area contributed by atoms with Crippen LogP contribution in [0.3, 0.4) is 0 Å². The molecule has 0 unspecified atom stereocenters. The number of benzene rings is 4. The number of hydrogen-bond acceptors (Lipinski definition) is 7. The monoisotopic (exact) mass is 595 g/mol. The fourth-order valence-corrected chi connectivity index (χ4v) is 5.19. The first-order valence-electron chi connectivity index (χ1n) is 11.1. The van der Waals surface area contributed by atoms with Crippen LogP contribution >= 0.6 is 23.2 Å². The molecule has 0 aromatic heterocycles. The number of methoxy groups -OCH3 is 1. The largest absolute Gasteiger partial charge is 1.00 e. The van der Waals surface area contributed by atoms with Crippen LogP contribution in [0.4, 0.5) is 17.1 Å². The summed E-state index contributed by atoms with van der Waals surface area (Å²) in [5.41, 5.74) is 0.498. The molecular formula is C26H20Cl2N3NaO6S. The summed E-state index contributed by atoms with van der Waals surface area (Å²) in [6, 6.07) is 15.4. The van der Waals surface area contributed by atoms with E-state index in [4.69, 9.17) is 27.9 Å². The number of azo groups is 1. The van der Waals surface area contributed by atoms with E-state index in [0.29, 0.717) is 34.2 Å². The minimum Gasteiger partial charge on any atom is -0.870 e. The van der Waals surface area contributed by atoms with Crippen LogP contribution in [-0.2, 0) is 16.5 Å². The quantitative estimate of drug-likeness (QED) is 0.189. The van der Waals surface area contributed by atoms with Gasteiger partial charge in [-0.25, -0.2) is 0 Å². The van der Waals surface area contributed by atoms with Gasteiger partial charge in [0.25, 0.3) is 16.0 Å². The minimum absolute atomic E-state index is 0. The van der Waals surface area contributed by atoms with Crippen LogP contribution in [-0.4, -0.2) is 26.0 Å². The molecule has 9 nitrogen and oxygen atoms in total. The van der Waals surface area contributed by atoms with E-state index in [-0.39, 0.29) is 56.5 Å². The zero-order valence-electron chi connectivity index (χ0n) is 21.0. The summed E-state index contributed by atoms with van der Waals surface area (Å²) in [6.45, 7) is 1.75. The summed E-state index contributed by atoms with van der Waals surface area (Å²) in [7, 11) is -3.17. The maximum Gasteiger partial charge on any atom is 1.00 e. The number of halogens is 2. The van der Waals surface area contributed by atoms with Gasteiger partial charge in [-0.1, -0.05) is 60.1 Å². The van der Waals surface area contributed by atoms with E-state index in [2.05, 4.69) is 15.5 Å². The molecule has 0 aliphatic rings. The van der Waals surface area contributed by atoms with Crippen LogP contribution < -0.4 is 44.7 Å². The smallest absolute Gasteiger partial charge is 0.870 e. The molecule has 13 heteroatoms. The van der Waals surface area contributed by atoms with E-state index in [9.17, 15) is 22.9 Å². The SMILES string of the molecule is CCc1cc(N=Nc2c([O-])c(C(=O)Nc3ccc(OC)c(Cl)c3)cc3ccccc23)cc(S(=O)(=O)O)c1Cl.[Na+]. The number of anilines is 1. The van der Waals surface area contributed by atoms with Crippen molar-refractivity contribution >= 4 is 67.1 Å². The minimum atomic E-state index is -4.64. The Balaban J connectivity index is 0.00000420. The Kier molecular flexibility index (Phi) is 10.0. The molecule has 0 radical (unpaired) electrons. The van der Waals surface area contributed by atoms with Gasteiger partial charge in [-0.15, -0.1) is 0 Å². The molecule has 1 amide bonds. The topological polar surface area (TPSA) is 140 Å². The van der Waals surface area contributed by atoms with Gasteiger partial charge in [-0.3, -0.25) is 9.35 Å². The molecular weight excluding hydrogens is 576 g/mol. The van der Waals surface area contributed by atoms with Gasteiger partial charge in [0.05, 0.1) is 28.5 Å². The Hall–Kier alpha value is -2.70. The Morgan fingerprint density at radius 1 is 1.08 bits per heavy atom. The van der Waals surface area contributed by atoms with Crippen molar-refractivity contribution in [2.24, 2.45) is 10.2 Å². The normalized spacial score (nSPS) is 11.4. The van der Waals surface area contributed by atoms with Crippen molar-refractivity contribution in [3.8, 4) is 11.5 Å². The average Bonchev–Trinajstić information content (AvgIpc) is 2.87. The number of fused-ring (bicyclic) bond motifs is 1. The molecule has 39 heavy (non-hydrogen) atoms. The predicted octanol–water partition coefficient (Wildman–Crippen LogP) is 3.71. The van der Waals surface area contributed by atoms with Crippen molar-refractivity contribution in [2.45, 2.75) is 18.2 Å². The van der Waals surface area contributed by atoms with Gasteiger partial charge >= 0.3 is 29.6 Å². The van der Waals surface area contributed by atoms with Gasteiger partial charge in [0.15, 0.2) is 0 Å². The van der Waals surface area contributed by atoms with E-state index in [1.54, 1.807) is 43.3 Å². The van der Waals surface area contributed by atoms with E-state index < -0.39 is 26.7 Å². The van der Waals surface area contributed by atoms with Crippen LogP contribution in [0, 0.1) is 0 Å². The third-order valence-corrected chi connectivity index (χ3v) is 7.38. The molecule has 0 fully saturated rings. The second kappa shape index (κ2) is 12.6. The Bertz CT molecular complexity index is 1710. The predicted molar refractivity (Wildman–Crippen MR) is 144 cm³/mol. The number of carbonyl (C=O) groups is 1. The molecule has 0 bridgehead atoms. The van der Waals surface area contributed by atoms with Crippen molar-refractivity contribution in [2.75, 3.05) is 12.4 Å². The molecule has 2 N–H and O–H groups in total. The summed E-state index contributed by atoms with van der Waals surface area (Å²) >= 11 is 12.3. The Labute approximate surface area is 256 Å². The van der Waals surface area contributed by atoms with Gasteiger partial charge in [0.1, 0.15) is 10.6 Å². The summed E-state index contributed by atoms with van der Waals surface area (Å²) in [5, 5.41) is 25.3. The van der Waals surface area contributed by atoms with E-state index in [1.807, 2.05) is 0 Å². The third kappa shape index (κ3) is 6.72.